The molecule has 1 aliphatic heterocycles. The first-order valence-electron chi connectivity index (χ1n) is 8.24. The van der Waals surface area contributed by atoms with Crippen molar-refractivity contribution < 1.29 is 14.6 Å². The number of aliphatic hydroxyl groups excluding tert-OH is 1. The molecule has 2 atom stereocenters. The van der Waals surface area contributed by atoms with Gasteiger partial charge in [0.1, 0.15) is 5.60 Å². The van der Waals surface area contributed by atoms with Crippen LogP contribution in [0.1, 0.15) is 32.8 Å². The van der Waals surface area contributed by atoms with Gasteiger partial charge in [-0.3, -0.25) is 4.90 Å². The number of benzene rings is 1. The van der Waals surface area contributed by atoms with Crippen molar-refractivity contribution in [2.75, 3.05) is 19.7 Å². The molecule has 1 fully saturated rings. The first-order chi connectivity index (χ1) is 10.9. The number of rotatable bonds is 5. The van der Waals surface area contributed by atoms with Crippen LogP contribution in [0.15, 0.2) is 30.3 Å². The molecule has 1 aromatic carbocycles. The molecule has 0 saturated carbocycles. The van der Waals surface area contributed by atoms with Crippen molar-refractivity contribution in [3.63, 3.8) is 0 Å². The van der Waals surface area contributed by atoms with Crippen molar-refractivity contribution >= 4 is 6.09 Å². The number of alkyl carbamates (subject to hydrolysis) is 1. The Kier molecular flexibility index (Phi) is 6.02. The Bertz CT molecular complexity index is 499. The first-order valence-corrected chi connectivity index (χ1v) is 8.24. The molecule has 2 unspecified atom stereocenters. The van der Waals surface area contributed by atoms with Crippen molar-refractivity contribution in [1.82, 2.24) is 10.2 Å². The van der Waals surface area contributed by atoms with E-state index in [1.807, 2.05) is 39.0 Å². The third-order valence-corrected chi connectivity index (χ3v) is 3.97. The van der Waals surface area contributed by atoms with Crippen molar-refractivity contribution in [3.05, 3.63) is 35.9 Å². The highest BCUT2D eigenvalue weighted by Crippen LogP contribution is 2.22. The number of ether oxygens (including phenoxy) is 1. The van der Waals surface area contributed by atoms with Gasteiger partial charge < -0.3 is 15.2 Å². The first kappa shape index (κ1) is 17.8. The molecule has 1 amide bonds. The van der Waals surface area contributed by atoms with Crippen LogP contribution in [0.2, 0.25) is 0 Å². The normalized spacial score (nSPS) is 22.1. The van der Waals surface area contributed by atoms with Gasteiger partial charge in [0, 0.05) is 32.3 Å². The monoisotopic (exact) mass is 320 g/mol. The molecule has 0 aromatic heterocycles. The second-order valence-electron chi connectivity index (χ2n) is 7.20. The molecule has 1 aromatic rings. The highest BCUT2D eigenvalue weighted by atomic mass is 16.6. The molecule has 128 valence electrons. The van der Waals surface area contributed by atoms with E-state index in [1.165, 1.54) is 5.56 Å². The molecule has 5 heteroatoms. The zero-order valence-electron chi connectivity index (χ0n) is 14.3. The number of nitrogens with one attached hydrogen (secondary N) is 1. The predicted molar refractivity (Wildman–Crippen MR) is 90.1 cm³/mol. The lowest BCUT2D eigenvalue weighted by molar-refractivity contribution is 0.0492. The molecule has 0 radical (unpaired) electrons. The molecule has 0 bridgehead atoms. The Morgan fingerprint density at radius 3 is 2.61 bits per heavy atom. The average Bonchev–Trinajstić information content (AvgIpc) is 2.80. The number of carbonyl (C=O) groups is 1. The summed E-state index contributed by atoms with van der Waals surface area (Å²) in [7, 11) is 0. The smallest absolute Gasteiger partial charge is 0.407 e. The van der Waals surface area contributed by atoms with Gasteiger partial charge in [0.05, 0.1) is 0 Å². The van der Waals surface area contributed by atoms with Crippen molar-refractivity contribution in [2.24, 2.45) is 5.92 Å². The lowest BCUT2D eigenvalue weighted by Gasteiger charge is -2.24. The lowest BCUT2D eigenvalue weighted by Crippen LogP contribution is -2.43. The van der Waals surface area contributed by atoms with Gasteiger partial charge in [-0.1, -0.05) is 30.3 Å². The second-order valence-corrected chi connectivity index (χ2v) is 7.20. The summed E-state index contributed by atoms with van der Waals surface area (Å²) in [6.45, 7) is 8.21. The van der Waals surface area contributed by atoms with Gasteiger partial charge in [0.25, 0.3) is 0 Å². The van der Waals surface area contributed by atoms with E-state index in [2.05, 4.69) is 22.3 Å². The number of carbonyl (C=O) groups excluding carboxylic acids is 1. The van der Waals surface area contributed by atoms with Crippen molar-refractivity contribution in [3.8, 4) is 0 Å². The number of likely N-dealkylation sites (tertiary alicyclic amines) is 1. The third-order valence-electron chi connectivity index (χ3n) is 3.97. The van der Waals surface area contributed by atoms with Crippen LogP contribution in [0.25, 0.3) is 0 Å². The average molecular weight is 320 g/mol. The Morgan fingerprint density at radius 1 is 1.30 bits per heavy atom. The summed E-state index contributed by atoms with van der Waals surface area (Å²) in [4.78, 5) is 14.3. The van der Waals surface area contributed by atoms with E-state index in [-0.39, 0.29) is 24.7 Å². The van der Waals surface area contributed by atoms with Gasteiger partial charge in [-0.2, -0.15) is 0 Å². The fourth-order valence-corrected chi connectivity index (χ4v) is 3.01. The Hall–Kier alpha value is -1.59. The maximum absolute atomic E-state index is 12.0. The number of hydrogen-bond donors (Lipinski definition) is 2. The minimum absolute atomic E-state index is 0.0145. The van der Waals surface area contributed by atoms with E-state index < -0.39 is 5.60 Å². The van der Waals surface area contributed by atoms with Gasteiger partial charge in [0.2, 0.25) is 0 Å². The van der Waals surface area contributed by atoms with Crippen LogP contribution in [-0.4, -0.2) is 47.4 Å². The summed E-state index contributed by atoms with van der Waals surface area (Å²) < 4.78 is 5.35. The predicted octanol–water partition coefficient (Wildman–Crippen LogP) is 2.39. The molecular weight excluding hydrogens is 292 g/mol. The van der Waals surface area contributed by atoms with E-state index in [9.17, 15) is 9.90 Å². The summed E-state index contributed by atoms with van der Waals surface area (Å²) in [5.41, 5.74) is 0.756. The maximum Gasteiger partial charge on any atom is 0.407 e. The standard InChI is InChI=1S/C18H28N2O3/c1-18(2,3)23-17(22)19-16-13-20(12-15(16)9-10-21)11-14-7-5-4-6-8-14/h4-8,15-16,21H,9-13H2,1-3H3,(H,19,22). The zero-order valence-corrected chi connectivity index (χ0v) is 14.3. The fourth-order valence-electron chi connectivity index (χ4n) is 3.01. The van der Waals surface area contributed by atoms with Crippen LogP contribution in [0, 0.1) is 5.92 Å². The molecule has 1 aliphatic rings. The van der Waals surface area contributed by atoms with Crippen LogP contribution in [-0.2, 0) is 11.3 Å². The van der Waals surface area contributed by atoms with Crippen molar-refractivity contribution in [2.45, 2.75) is 45.4 Å². The summed E-state index contributed by atoms with van der Waals surface area (Å²) in [5, 5.41) is 12.3. The van der Waals surface area contributed by atoms with E-state index in [4.69, 9.17) is 4.74 Å². The van der Waals surface area contributed by atoms with E-state index in [0.717, 1.165) is 19.6 Å². The molecule has 5 nitrogen and oxygen atoms in total. The fraction of sp³-hybridized carbons (Fsp3) is 0.611. The number of aliphatic hydroxyl groups is 1. The van der Waals surface area contributed by atoms with Gasteiger partial charge >= 0.3 is 6.09 Å². The van der Waals surface area contributed by atoms with Crippen LogP contribution >= 0.6 is 0 Å². The molecular formula is C18H28N2O3. The van der Waals surface area contributed by atoms with Crippen LogP contribution in [0.3, 0.4) is 0 Å². The Labute approximate surface area is 138 Å². The van der Waals surface area contributed by atoms with E-state index in [0.29, 0.717) is 6.42 Å². The molecule has 0 aliphatic carbocycles. The topological polar surface area (TPSA) is 61.8 Å². The van der Waals surface area contributed by atoms with Gasteiger partial charge in [-0.25, -0.2) is 4.79 Å². The summed E-state index contributed by atoms with van der Waals surface area (Å²) in [5.74, 6) is 0.247. The van der Waals surface area contributed by atoms with E-state index >= 15 is 0 Å². The quantitative estimate of drug-likeness (QED) is 0.874. The number of nitrogens with zero attached hydrogens (tertiary/aromatic N) is 1. The Morgan fingerprint density at radius 2 is 2.00 bits per heavy atom. The van der Waals surface area contributed by atoms with Crippen LogP contribution in [0.5, 0.6) is 0 Å². The maximum atomic E-state index is 12.0. The summed E-state index contributed by atoms with van der Waals surface area (Å²) >= 11 is 0. The third kappa shape index (κ3) is 5.84. The Balaban J connectivity index is 1.93. The lowest BCUT2D eigenvalue weighted by atomic mass is 10.0. The number of amides is 1. The zero-order chi connectivity index (χ0) is 16.9. The van der Waals surface area contributed by atoms with Gasteiger partial charge in [0.15, 0.2) is 0 Å². The minimum atomic E-state index is -0.501. The van der Waals surface area contributed by atoms with Gasteiger partial charge in [-0.05, 0) is 38.7 Å². The summed E-state index contributed by atoms with van der Waals surface area (Å²) in [6.07, 6.45) is 0.304. The molecule has 1 saturated heterocycles. The number of hydrogen-bond acceptors (Lipinski definition) is 4. The molecule has 0 spiro atoms. The highest BCUT2D eigenvalue weighted by Gasteiger charge is 2.34. The summed E-state index contributed by atoms with van der Waals surface area (Å²) in [6, 6.07) is 10.3. The SMILES string of the molecule is CC(C)(C)OC(=O)NC1CN(Cc2ccccc2)CC1CCO. The largest absolute Gasteiger partial charge is 0.444 e. The molecule has 2 N–H and O–H groups in total. The molecule has 1 heterocycles. The van der Waals surface area contributed by atoms with E-state index in [1.54, 1.807) is 0 Å². The molecule has 2 rings (SSSR count). The molecule has 23 heavy (non-hydrogen) atoms. The highest BCUT2D eigenvalue weighted by molar-refractivity contribution is 5.68. The second kappa shape index (κ2) is 7.79. The van der Waals surface area contributed by atoms with Gasteiger partial charge in [-0.15, -0.1) is 0 Å². The minimum Gasteiger partial charge on any atom is -0.444 e. The van der Waals surface area contributed by atoms with Crippen LogP contribution in [0.4, 0.5) is 4.79 Å². The van der Waals surface area contributed by atoms with Crippen LogP contribution < -0.4 is 5.32 Å². The van der Waals surface area contributed by atoms with Crippen molar-refractivity contribution in [1.29, 1.82) is 0 Å².